The number of hydrogen-bond acceptors (Lipinski definition) is 4. The number of benzene rings is 2. The predicted molar refractivity (Wildman–Crippen MR) is 122 cm³/mol. The lowest BCUT2D eigenvalue weighted by molar-refractivity contribution is -0.140. The Hall–Kier alpha value is -3.35. The monoisotopic (exact) mass is 448 g/mol. The minimum absolute atomic E-state index is 0.0127. The zero-order chi connectivity index (χ0) is 23.0. The summed E-state index contributed by atoms with van der Waals surface area (Å²) < 4.78 is 5.64. The number of aliphatic carboxylic acids is 1. The fraction of sp³-hybridized carbons (Fsp3) is 0.423. The van der Waals surface area contributed by atoms with E-state index < -0.39 is 17.6 Å². The molecular formula is C26H28N2O5. The topological polar surface area (TPSA) is 95.9 Å². The van der Waals surface area contributed by atoms with Gasteiger partial charge in [0.1, 0.15) is 6.61 Å². The van der Waals surface area contributed by atoms with Crippen molar-refractivity contribution in [2.45, 2.75) is 56.0 Å². The van der Waals surface area contributed by atoms with Gasteiger partial charge in [-0.2, -0.15) is 0 Å². The lowest BCUT2D eigenvalue weighted by Gasteiger charge is -2.26. The van der Waals surface area contributed by atoms with Crippen molar-refractivity contribution in [1.29, 1.82) is 0 Å². The van der Waals surface area contributed by atoms with Crippen molar-refractivity contribution in [2.75, 3.05) is 13.2 Å². The Bertz CT molecular complexity index is 1050. The van der Waals surface area contributed by atoms with Gasteiger partial charge in [0.05, 0.1) is 18.4 Å². The van der Waals surface area contributed by atoms with E-state index >= 15 is 0 Å². The van der Waals surface area contributed by atoms with Gasteiger partial charge in [0, 0.05) is 18.5 Å². The highest BCUT2D eigenvalue weighted by atomic mass is 16.5. The molecule has 2 aromatic carbocycles. The van der Waals surface area contributed by atoms with E-state index in [0.717, 1.165) is 30.4 Å². The Morgan fingerprint density at radius 2 is 1.67 bits per heavy atom. The first-order chi connectivity index (χ1) is 16.0. The molecule has 3 aliphatic rings. The molecule has 2 fully saturated rings. The molecule has 172 valence electrons. The van der Waals surface area contributed by atoms with Crippen molar-refractivity contribution in [3.63, 3.8) is 0 Å². The number of rotatable bonds is 7. The van der Waals surface area contributed by atoms with Crippen LogP contribution in [0.15, 0.2) is 48.5 Å². The lowest BCUT2D eigenvalue weighted by atomic mass is 9.98. The Balaban J connectivity index is 1.19. The molecule has 1 aliphatic heterocycles. The van der Waals surface area contributed by atoms with Crippen molar-refractivity contribution >= 4 is 18.0 Å². The van der Waals surface area contributed by atoms with E-state index in [4.69, 9.17) is 9.84 Å². The molecule has 0 spiro atoms. The molecule has 2 amide bonds. The molecule has 1 atom stereocenters. The number of fused-ring (bicyclic) bond motifs is 3. The molecule has 0 aromatic heterocycles. The van der Waals surface area contributed by atoms with E-state index in [9.17, 15) is 14.4 Å². The van der Waals surface area contributed by atoms with Crippen LogP contribution in [0.2, 0.25) is 0 Å². The first-order valence-electron chi connectivity index (χ1n) is 11.6. The predicted octanol–water partition coefficient (Wildman–Crippen LogP) is 3.91. The molecule has 1 heterocycles. The fourth-order valence-electron chi connectivity index (χ4n) is 5.32. The van der Waals surface area contributed by atoms with Crippen LogP contribution in [0.3, 0.4) is 0 Å². The van der Waals surface area contributed by atoms with Crippen molar-refractivity contribution in [1.82, 2.24) is 10.2 Å². The molecule has 7 heteroatoms. The van der Waals surface area contributed by atoms with Crippen molar-refractivity contribution in [2.24, 2.45) is 0 Å². The number of likely N-dealkylation sites (tertiary alicyclic amines) is 1. The second-order valence-electron chi connectivity index (χ2n) is 9.39. The summed E-state index contributed by atoms with van der Waals surface area (Å²) in [5.41, 5.74) is 4.08. The highest BCUT2D eigenvalue weighted by Gasteiger charge is 2.48. The molecule has 33 heavy (non-hydrogen) atoms. The van der Waals surface area contributed by atoms with Crippen molar-refractivity contribution < 1.29 is 24.2 Å². The molecule has 0 bridgehead atoms. The van der Waals surface area contributed by atoms with E-state index in [-0.39, 0.29) is 37.3 Å². The first kappa shape index (κ1) is 21.5. The van der Waals surface area contributed by atoms with Gasteiger partial charge >= 0.3 is 12.1 Å². The van der Waals surface area contributed by atoms with Crippen LogP contribution in [0.5, 0.6) is 0 Å². The van der Waals surface area contributed by atoms with Gasteiger partial charge in [-0.1, -0.05) is 48.5 Å². The number of ether oxygens (including phenoxy) is 1. The van der Waals surface area contributed by atoms with E-state index in [1.807, 2.05) is 24.3 Å². The maximum Gasteiger partial charge on any atom is 0.407 e. The van der Waals surface area contributed by atoms with Crippen molar-refractivity contribution in [3.05, 3.63) is 59.7 Å². The zero-order valence-electron chi connectivity index (χ0n) is 18.5. The molecule has 1 saturated heterocycles. The second-order valence-corrected chi connectivity index (χ2v) is 9.39. The number of carboxylic acid groups (broad SMARTS) is 1. The first-order valence-corrected chi connectivity index (χ1v) is 11.6. The number of nitrogens with zero attached hydrogens (tertiary/aromatic N) is 1. The van der Waals surface area contributed by atoms with Crippen LogP contribution >= 0.6 is 0 Å². The van der Waals surface area contributed by atoms with E-state index in [2.05, 4.69) is 29.6 Å². The third-order valence-electron chi connectivity index (χ3n) is 7.16. The van der Waals surface area contributed by atoms with Crippen LogP contribution in [-0.2, 0) is 14.3 Å². The highest BCUT2D eigenvalue weighted by molar-refractivity contribution is 5.81. The quantitative estimate of drug-likeness (QED) is 0.670. The summed E-state index contributed by atoms with van der Waals surface area (Å²) in [6.07, 6.45) is 2.62. The molecule has 0 unspecified atom stereocenters. The second kappa shape index (κ2) is 8.54. The third-order valence-corrected chi connectivity index (χ3v) is 7.16. The van der Waals surface area contributed by atoms with Gasteiger partial charge < -0.3 is 20.1 Å². The van der Waals surface area contributed by atoms with Crippen LogP contribution in [0.4, 0.5) is 4.79 Å². The van der Waals surface area contributed by atoms with Gasteiger partial charge in [0.25, 0.3) is 0 Å². The smallest absolute Gasteiger partial charge is 0.407 e. The van der Waals surface area contributed by atoms with Crippen LogP contribution in [-0.4, -0.2) is 52.7 Å². The lowest BCUT2D eigenvalue weighted by Crippen LogP contribution is -2.44. The van der Waals surface area contributed by atoms with E-state index in [1.54, 1.807) is 4.90 Å². The highest BCUT2D eigenvalue weighted by Crippen LogP contribution is 2.45. The number of alkyl carbamates (subject to hydrolysis) is 1. The van der Waals surface area contributed by atoms with Crippen LogP contribution in [0, 0.1) is 0 Å². The maximum atomic E-state index is 12.9. The summed E-state index contributed by atoms with van der Waals surface area (Å²) in [4.78, 5) is 38.3. The molecule has 2 N–H and O–H groups in total. The average Bonchev–Trinajstić information content (AvgIpc) is 3.25. The van der Waals surface area contributed by atoms with Gasteiger partial charge in [0.15, 0.2) is 0 Å². The SMILES string of the molecule is O=C(O)C[C@H]1CCCN1C(=O)CC1(NC(=O)OCC2c3ccccc3-c3ccccc32)CC1. The summed E-state index contributed by atoms with van der Waals surface area (Å²) in [6, 6.07) is 16.1. The number of carbonyl (C=O) groups is 3. The summed E-state index contributed by atoms with van der Waals surface area (Å²) in [5.74, 6) is -0.992. The molecule has 2 aliphatic carbocycles. The third kappa shape index (κ3) is 4.32. The molecule has 5 rings (SSSR count). The van der Waals surface area contributed by atoms with Gasteiger partial charge in [-0.3, -0.25) is 9.59 Å². The number of carboxylic acids is 1. The Morgan fingerprint density at radius 3 is 2.27 bits per heavy atom. The molecule has 0 radical (unpaired) electrons. The molecule has 2 aromatic rings. The van der Waals surface area contributed by atoms with Crippen molar-refractivity contribution in [3.8, 4) is 11.1 Å². The standard InChI is InChI=1S/C26H28N2O5/c29-23(28-13-5-6-17(28)14-24(30)31)15-26(11-12-26)27-25(32)33-16-22-20-9-3-1-7-18(20)19-8-2-4-10-21(19)22/h1-4,7-10,17,22H,5-6,11-16H2,(H,27,32)(H,30,31)/t17-/m1/s1. The maximum absolute atomic E-state index is 12.9. The van der Waals surface area contributed by atoms with Gasteiger partial charge in [-0.05, 0) is 47.9 Å². The van der Waals surface area contributed by atoms with Gasteiger partial charge in [-0.15, -0.1) is 0 Å². The van der Waals surface area contributed by atoms with Crippen LogP contribution in [0.1, 0.15) is 55.6 Å². The molecule has 7 nitrogen and oxygen atoms in total. The summed E-state index contributed by atoms with van der Waals surface area (Å²) in [5, 5.41) is 12.0. The number of amides is 2. The number of carbonyl (C=O) groups excluding carboxylic acids is 2. The van der Waals surface area contributed by atoms with Gasteiger partial charge in [-0.25, -0.2) is 4.79 Å². The van der Waals surface area contributed by atoms with Crippen LogP contribution < -0.4 is 5.32 Å². The zero-order valence-corrected chi connectivity index (χ0v) is 18.5. The summed E-state index contributed by atoms with van der Waals surface area (Å²) in [6.45, 7) is 0.814. The Morgan fingerprint density at radius 1 is 1.03 bits per heavy atom. The Kier molecular flexibility index (Phi) is 5.56. The average molecular weight is 449 g/mol. The number of hydrogen-bond donors (Lipinski definition) is 2. The van der Waals surface area contributed by atoms with Crippen LogP contribution in [0.25, 0.3) is 11.1 Å². The normalized spacial score (nSPS) is 20.1. The summed E-state index contributed by atoms with van der Waals surface area (Å²) >= 11 is 0. The van der Waals surface area contributed by atoms with E-state index in [0.29, 0.717) is 13.0 Å². The summed E-state index contributed by atoms with van der Waals surface area (Å²) in [7, 11) is 0. The molecular weight excluding hydrogens is 420 g/mol. The minimum Gasteiger partial charge on any atom is -0.481 e. The minimum atomic E-state index is -0.891. The largest absolute Gasteiger partial charge is 0.481 e. The molecule has 1 saturated carbocycles. The van der Waals surface area contributed by atoms with Gasteiger partial charge in [0.2, 0.25) is 5.91 Å². The fourth-order valence-corrected chi connectivity index (χ4v) is 5.32. The van der Waals surface area contributed by atoms with E-state index in [1.165, 1.54) is 11.1 Å². The number of nitrogens with one attached hydrogen (secondary N) is 1. The Labute approximate surface area is 192 Å².